The van der Waals surface area contributed by atoms with Crippen LogP contribution < -0.4 is 5.32 Å². The van der Waals surface area contributed by atoms with Gasteiger partial charge in [-0.2, -0.15) is 0 Å². The fourth-order valence-electron chi connectivity index (χ4n) is 2.94. The van der Waals surface area contributed by atoms with Crippen molar-refractivity contribution in [2.45, 2.75) is 45.6 Å². The second-order valence-electron chi connectivity index (χ2n) is 5.94. The quantitative estimate of drug-likeness (QED) is 0.620. The molecule has 0 amide bonds. The van der Waals surface area contributed by atoms with Gasteiger partial charge in [-0.25, -0.2) is 0 Å². The predicted molar refractivity (Wildman–Crippen MR) is 85.0 cm³/mol. The van der Waals surface area contributed by atoms with E-state index in [4.69, 9.17) is 0 Å². The first-order chi connectivity index (χ1) is 9.47. The highest BCUT2D eigenvalue weighted by molar-refractivity contribution is 9.10. The Labute approximate surface area is 128 Å². The highest BCUT2D eigenvalue weighted by Gasteiger charge is 2.24. The van der Waals surface area contributed by atoms with Crippen molar-refractivity contribution in [1.82, 2.24) is 0 Å². The van der Waals surface area contributed by atoms with E-state index in [2.05, 4.69) is 35.1 Å². The number of hydrogen-bond donors (Lipinski definition) is 1. The highest BCUT2D eigenvalue weighted by atomic mass is 79.9. The van der Waals surface area contributed by atoms with E-state index in [1.54, 1.807) is 18.2 Å². The minimum Gasteiger partial charge on any atom is -0.382 e. The molecule has 0 aromatic heterocycles. The van der Waals surface area contributed by atoms with Crippen LogP contribution >= 0.6 is 15.9 Å². The van der Waals surface area contributed by atoms with Gasteiger partial charge in [-0.1, -0.05) is 26.7 Å². The lowest BCUT2D eigenvalue weighted by Crippen LogP contribution is -2.29. The summed E-state index contributed by atoms with van der Waals surface area (Å²) in [6, 6.07) is 5.62. The Bertz CT molecular complexity index is 491. The van der Waals surface area contributed by atoms with E-state index in [0.29, 0.717) is 10.5 Å². The van der Waals surface area contributed by atoms with Gasteiger partial charge in [-0.3, -0.25) is 10.1 Å². The lowest BCUT2D eigenvalue weighted by molar-refractivity contribution is -0.385. The summed E-state index contributed by atoms with van der Waals surface area (Å²) < 4.78 is 0.531. The molecular weight excluding hydrogens is 320 g/mol. The second-order valence-corrected chi connectivity index (χ2v) is 6.79. The minimum atomic E-state index is -0.372. The number of hydrogen-bond acceptors (Lipinski definition) is 3. The van der Waals surface area contributed by atoms with E-state index in [9.17, 15) is 10.1 Å². The van der Waals surface area contributed by atoms with Crippen molar-refractivity contribution < 1.29 is 4.92 Å². The summed E-state index contributed by atoms with van der Waals surface area (Å²) >= 11 is 3.27. The van der Waals surface area contributed by atoms with Crippen LogP contribution in [0.3, 0.4) is 0 Å². The molecule has 2 unspecified atom stereocenters. The molecule has 2 atom stereocenters. The van der Waals surface area contributed by atoms with Gasteiger partial charge in [0.25, 0.3) is 5.69 Å². The zero-order valence-electron chi connectivity index (χ0n) is 11.9. The summed E-state index contributed by atoms with van der Waals surface area (Å²) in [5.74, 6) is 1.51. The summed E-state index contributed by atoms with van der Waals surface area (Å²) in [5.41, 5.74) is 1.07. The number of benzene rings is 1. The van der Waals surface area contributed by atoms with Crippen LogP contribution in [0.5, 0.6) is 0 Å². The van der Waals surface area contributed by atoms with E-state index >= 15 is 0 Å². The van der Waals surface area contributed by atoms with Crippen LogP contribution in [-0.4, -0.2) is 11.0 Å². The van der Waals surface area contributed by atoms with Crippen LogP contribution in [0, 0.1) is 22.0 Å². The molecule has 0 saturated heterocycles. The Balaban J connectivity index is 2.03. The van der Waals surface area contributed by atoms with Gasteiger partial charge >= 0.3 is 0 Å². The van der Waals surface area contributed by atoms with Crippen molar-refractivity contribution in [1.29, 1.82) is 0 Å². The van der Waals surface area contributed by atoms with Crippen LogP contribution in [-0.2, 0) is 0 Å². The Morgan fingerprint density at radius 2 is 2.15 bits per heavy atom. The van der Waals surface area contributed by atoms with E-state index in [1.807, 2.05) is 0 Å². The van der Waals surface area contributed by atoms with Gasteiger partial charge in [0, 0.05) is 17.8 Å². The molecule has 2 rings (SSSR count). The van der Waals surface area contributed by atoms with Crippen LogP contribution in [0.25, 0.3) is 0 Å². The summed E-state index contributed by atoms with van der Waals surface area (Å²) in [7, 11) is 0. The number of halogens is 1. The molecule has 1 aromatic carbocycles. The number of nitrogens with zero attached hydrogens (tertiary/aromatic N) is 1. The standard InChI is InChI=1S/C15H21BrN2O2/c1-10(2)11-4-3-5-12(8-11)17-13-6-7-15(18(19)20)14(16)9-13/h6-7,9-12,17H,3-5,8H2,1-2H3. The summed E-state index contributed by atoms with van der Waals surface area (Å²) in [5, 5.41) is 14.3. The zero-order chi connectivity index (χ0) is 14.7. The third-order valence-corrected chi connectivity index (χ3v) is 4.81. The fourth-order valence-corrected chi connectivity index (χ4v) is 3.47. The molecule has 110 valence electrons. The Morgan fingerprint density at radius 3 is 2.75 bits per heavy atom. The third-order valence-electron chi connectivity index (χ3n) is 4.17. The second kappa shape index (κ2) is 6.57. The van der Waals surface area contributed by atoms with Gasteiger partial charge in [0.15, 0.2) is 0 Å². The number of nitrogens with one attached hydrogen (secondary N) is 1. The normalized spacial score (nSPS) is 22.8. The molecular formula is C15H21BrN2O2. The molecule has 1 aliphatic carbocycles. The van der Waals surface area contributed by atoms with Gasteiger partial charge in [-0.15, -0.1) is 0 Å². The average molecular weight is 341 g/mol. The summed E-state index contributed by atoms with van der Waals surface area (Å²) in [6.45, 7) is 4.57. The lowest BCUT2D eigenvalue weighted by atomic mass is 9.79. The number of nitro groups is 1. The molecule has 0 radical (unpaired) electrons. The van der Waals surface area contributed by atoms with Gasteiger partial charge < -0.3 is 5.32 Å². The molecule has 0 spiro atoms. The first-order valence-corrected chi connectivity index (χ1v) is 7.97. The molecule has 0 bridgehead atoms. The average Bonchev–Trinajstić information content (AvgIpc) is 2.38. The van der Waals surface area contributed by atoms with Crippen molar-refractivity contribution in [3.05, 3.63) is 32.8 Å². The van der Waals surface area contributed by atoms with Crippen molar-refractivity contribution in [2.24, 2.45) is 11.8 Å². The van der Waals surface area contributed by atoms with E-state index in [1.165, 1.54) is 25.7 Å². The summed E-state index contributed by atoms with van der Waals surface area (Å²) in [4.78, 5) is 10.4. The SMILES string of the molecule is CC(C)C1CCCC(Nc2ccc([N+](=O)[O-])c(Br)c2)C1. The van der Waals surface area contributed by atoms with E-state index < -0.39 is 0 Å². The van der Waals surface area contributed by atoms with Gasteiger partial charge in [0.05, 0.1) is 9.40 Å². The molecule has 4 nitrogen and oxygen atoms in total. The Morgan fingerprint density at radius 1 is 1.40 bits per heavy atom. The van der Waals surface area contributed by atoms with E-state index in [0.717, 1.165) is 17.5 Å². The first-order valence-electron chi connectivity index (χ1n) is 7.18. The monoisotopic (exact) mass is 340 g/mol. The van der Waals surface area contributed by atoms with Crippen molar-refractivity contribution in [3.8, 4) is 0 Å². The molecule has 0 aliphatic heterocycles. The Kier molecular flexibility index (Phi) is 5.02. The minimum absolute atomic E-state index is 0.110. The highest BCUT2D eigenvalue weighted by Crippen LogP contribution is 2.33. The van der Waals surface area contributed by atoms with Crippen LogP contribution in [0.2, 0.25) is 0 Å². The molecule has 0 heterocycles. The van der Waals surface area contributed by atoms with Crippen LogP contribution in [0.4, 0.5) is 11.4 Å². The molecule has 20 heavy (non-hydrogen) atoms. The molecule has 1 aromatic rings. The number of rotatable bonds is 4. The van der Waals surface area contributed by atoms with E-state index in [-0.39, 0.29) is 10.6 Å². The van der Waals surface area contributed by atoms with Gasteiger partial charge in [-0.05, 0) is 52.7 Å². The largest absolute Gasteiger partial charge is 0.382 e. The molecule has 1 fully saturated rings. The molecule has 1 N–H and O–H groups in total. The molecule has 1 saturated carbocycles. The third kappa shape index (κ3) is 3.72. The van der Waals surface area contributed by atoms with Crippen molar-refractivity contribution >= 4 is 27.3 Å². The van der Waals surface area contributed by atoms with Crippen molar-refractivity contribution in [2.75, 3.05) is 5.32 Å². The number of anilines is 1. The molecule has 1 aliphatic rings. The topological polar surface area (TPSA) is 55.2 Å². The summed E-state index contributed by atoms with van der Waals surface area (Å²) in [6.07, 6.45) is 4.94. The smallest absolute Gasteiger partial charge is 0.283 e. The number of nitro benzene ring substituents is 1. The van der Waals surface area contributed by atoms with Crippen molar-refractivity contribution in [3.63, 3.8) is 0 Å². The Hall–Kier alpha value is -1.10. The van der Waals surface area contributed by atoms with Gasteiger partial charge in [0.1, 0.15) is 0 Å². The lowest BCUT2D eigenvalue weighted by Gasteiger charge is -2.32. The first kappa shape index (κ1) is 15.3. The fraction of sp³-hybridized carbons (Fsp3) is 0.600. The van der Waals surface area contributed by atoms with Gasteiger partial charge in [0.2, 0.25) is 0 Å². The maximum absolute atomic E-state index is 10.8. The molecule has 5 heteroatoms. The maximum atomic E-state index is 10.8. The maximum Gasteiger partial charge on any atom is 0.283 e. The zero-order valence-corrected chi connectivity index (χ0v) is 13.5. The van der Waals surface area contributed by atoms with Crippen LogP contribution in [0.15, 0.2) is 22.7 Å². The predicted octanol–water partition coefficient (Wildman–Crippen LogP) is 4.98. The van der Waals surface area contributed by atoms with Crippen LogP contribution in [0.1, 0.15) is 39.5 Å².